The molecule has 0 saturated heterocycles. The lowest BCUT2D eigenvalue weighted by atomic mass is 9.86. The molecule has 0 saturated carbocycles. The van der Waals surface area contributed by atoms with Crippen LogP contribution in [0.5, 0.6) is 0 Å². The summed E-state index contributed by atoms with van der Waals surface area (Å²) in [5.41, 5.74) is -0.563. The SMILES string of the molecule is CCCCC(CC)COC(COCC)(OCC)c1ccc(C(=O)O)c(C(COCC)(OCC)OCC(CC)CCCC)c1C(=O)O. The molecular weight excluding hydrogens is 592 g/mol. The number of carboxylic acids is 2. The molecule has 10 nitrogen and oxygen atoms in total. The number of benzene rings is 1. The van der Waals surface area contributed by atoms with E-state index in [1.807, 2.05) is 6.92 Å². The van der Waals surface area contributed by atoms with E-state index in [9.17, 15) is 19.8 Å². The van der Waals surface area contributed by atoms with Crippen molar-refractivity contribution < 1.29 is 48.2 Å². The average molecular weight is 655 g/mol. The summed E-state index contributed by atoms with van der Waals surface area (Å²) in [6, 6.07) is 2.85. The molecule has 0 aliphatic rings. The van der Waals surface area contributed by atoms with Crippen molar-refractivity contribution in [2.45, 2.75) is 118 Å². The van der Waals surface area contributed by atoms with Crippen molar-refractivity contribution in [3.05, 3.63) is 34.4 Å². The predicted molar refractivity (Wildman–Crippen MR) is 178 cm³/mol. The molecule has 0 bridgehead atoms. The van der Waals surface area contributed by atoms with Crippen molar-refractivity contribution in [1.29, 1.82) is 0 Å². The molecule has 0 amide bonds. The Hall–Kier alpha value is -2.08. The Kier molecular flexibility index (Phi) is 20.5. The van der Waals surface area contributed by atoms with Gasteiger partial charge in [-0.05, 0) is 58.4 Å². The molecule has 0 spiro atoms. The molecule has 0 aliphatic heterocycles. The Morgan fingerprint density at radius 2 is 1.13 bits per heavy atom. The van der Waals surface area contributed by atoms with Crippen LogP contribution in [0.1, 0.15) is 139 Å². The lowest BCUT2D eigenvalue weighted by Gasteiger charge is -2.40. The van der Waals surface area contributed by atoms with E-state index in [1.165, 1.54) is 12.1 Å². The predicted octanol–water partition coefficient (Wildman–Crippen LogP) is 8.00. The second kappa shape index (κ2) is 22.5. The van der Waals surface area contributed by atoms with E-state index in [1.54, 1.807) is 20.8 Å². The molecule has 0 aliphatic carbocycles. The summed E-state index contributed by atoms with van der Waals surface area (Å²) in [4.78, 5) is 26.3. The summed E-state index contributed by atoms with van der Waals surface area (Å²) in [5.74, 6) is -5.78. The molecule has 4 atom stereocenters. The Bertz CT molecular complexity index is 1010. The van der Waals surface area contributed by atoms with Gasteiger partial charge in [0.1, 0.15) is 13.2 Å². The first kappa shape index (κ1) is 41.9. The van der Waals surface area contributed by atoms with Crippen molar-refractivity contribution in [2.24, 2.45) is 11.8 Å². The van der Waals surface area contributed by atoms with Crippen LogP contribution in [0.15, 0.2) is 12.1 Å². The van der Waals surface area contributed by atoms with Crippen LogP contribution in [-0.2, 0) is 40.0 Å². The molecule has 2 N–H and O–H groups in total. The first-order valence-electron chi connectivity index (χ1n) is 17.5. The fraction of sp³-hybridized carbons (Fsp3) is 0.778. The third-order valence-electron chi connectivity index (χ3n) is 8.38. The molecule has 1 aromatic rings. The van der Waals surface area contributed by atoms with Crippen molar-refractivity contribution in [1.82, 2.24) is 0 Å². The van der Waals surface area contributed by atoms with Gasteiger partial charge in [0.15, 0.2) is 0 Å². The maximum Gasteiger partial charge on any atom is 0.336 e. The average Bonchev–Trinajstić information content (AvgIpc) is 3.05. The zero-order valence-corrected chi connectivity index (χ0v) is 29.8. The third kappa shape index (κ3) is 11.9. The van der Waals surface area contributed by atoms with Gasteiger partial charge >= 0.3 is 11.9 Å². The van der Waals surface area contributed by atoms with Gasteiger partial charge < -0.3 is 38.6 Å². The molecule has 266 valence electrons. The molecule has 0 aromatic heterocycles. The molecule has 1 rings (SSSR count). The highest BCUT2D eigenvalue weighted by molar-refractivity contribution is 5.98. The summed E-state index contributed by atoms with van der Waals surface area (Å²) in [5, 5.41) is 21.4. The highest BCUT2D eigenvalue weighted by atomic mass is 16.7. The van der Waals surface area contributed by atoms with E-state index in [2.05, 4.69) is 27.7 Å². The number of rotatable bonds is 28. The molecule has 4 unspecified atom stereocenters. The van der Waals surface area contributed by atoms with Gasteiger partial charge in [0.25, 0.3) is 0 Å². The minimum atomic E-state index is -1.83. The normalized spacial score (nSPS) is 15.7. The van der Waals surface area contributed by atoms with Gasteiger partial charge in [0.05, 0.1) is 24.3 Å². The molecule has 46 heavy (non-hydrogen) atoms. The highest BCUT2D eigenvalue weighted by Gasteiger charge is 2.47. The van der Waals surface area contributed by atoms with Gasteiger partial charge in [-0.3, -0.25) is 0 Å². The standard InChI is InChI=1S/C36H62O10/c1-9-17-19-27(11-3)23-45-35(43-15-7,25-41-13-5)30-22-21-29(33(37)38)32(31(30)34(39)40)36(44-16-8,26-42-14-6)46-24-28(12-4)20-18-10-2/h21-22,27-28H,9-20,23-26H2,1-8H3,(H,37,38)(H,39,40). The van der Waals surface area contributed by atoms with Crippen molar-refractivity contribution >= 4 is 11.9 Å². The zero-order valence-electron chi connectivity index (χ0n) is 29.8. The number of carboxylic acid groups (broad SMARTS) is 2. The monoisotopic (exact) mass is 654 g/mol. The summed E-state index contributed by atoms with van der Waals surface area (Å²) in [7, 11) is 0. The smallest absolute Gasteiger partial charge is 0.336 e. The topological polar surface area (TPSA) is 130 Å². The van der Waals surface area contributed by atoms with Gasteiger partial charge in [0.2, 0.25) is 11.6 Å². The largest absolute Gasteiger partial charge is 0.478 e. The van der Waals surface area contributed by atoms with Crippen LogP contribution in [-0.4, -0.2) is 75.0 Å². The van der Waals surface area contributed by atoms with Crippen LogP contribution in [0.2, 0.25) is 0 Å². The summed E-state index contributed by atoms with van der Waals surface area (Å²) >= 11 is 0. The van der Waals surface area contributed by atoms with Gasteiger partial charge in [-0.15, -0.1) is 0 Å². The summed E-state index contributed by atoms with van der Waals surface area (Å²) < 4.78 is 37.5. The van der Waals surface area contributed by atoms with Gasteiger partial charge in [0, 0.05) is 37.6 Å². The molecule has 0 heterocycles. The molecule has 0 fully saturated rings. The van der Waals surface area contributed by atoms with E-state index in [0.717, 1.165) is 51.4 Å². The van der Waals surface area contributed by atoms with E-state index in [4.69, 9.17) is 28.4 Å². The maximum atomic E-state index is 13.4. The number of aromatic carboxylic acids is 2. The van der Waals surface area contributed by atoms with Gasteiger partial charge in [-0.1, -0.05) is 72.3 Å². The number of hydrogen-bond donors (Lipinski definition) is 2. The molecule has 1 aromatic carbocycles. The van der Waals surface area contributed by atoms with Crippen LogP contribution in [0, 0.1) is 11.8 Å². The first-order valence-corrected chi connectivity index (χ1v) is 17.5. The number of hydrogen-bond acceptors (Lipinski definition) is 8. The van der Waals surface area contributed by atoms with Crippen LogP contribution < -0.4 is 0 Å². The van der Waals surface area contributed by atoms with E-state index in [-0.39, 0.29) is 73.7 Å². The van der Waals surface area contributed by atoms with Crippen LogP contribution in [0.4, 0.5) is 0 Å². The molecular formula is C36H62O10. The second-order valence-corrected chi connectivity index (χ2v) is 11.6. The fourth-order valence-electron chi connectivity index (χ4n) is 5.66. The summed E-state index contributed by atoms with van der Waals surface area (Å²) in [6.07, 6.45) is 7.68. The van der Waals surface area contributed by atoms with Crippen molar-refractivity contribution in [3.63, 3.8) is 0 Å². The number of carbonyl (C=O) groups is 2. The Balaban J connectivity index is 4.16. The zero-order chi connectivity index (χ0) is 34.6. The van der Waals surface area contributed by atoms with E-state index in [0.29, 0.717) is 13.2 Å². The van der Waals surface area contributed by atoms with Gasteiger partial charge in [-0.25, -0.2) is 9.59 Å². The second-order valence-electron chi connectivity index (χ2n) is 11.6. The minimum absolute atomic E-state index is 0.101. The summed E-state index contributed by atoms with van der Waals surface area (Å²) in [6.45, 7) is 16.8. The van der Waals surface area contributed by atoms with Crippen LogP contribution in [0.3, 0.4) is 0 Å². The Labute approximate surface area is 277 Å². The highest BCUT2D eigenvalue weighted by Crippen LogP contribution is 2.41. The lowest BCUT2D eigenvalue weighted by Crippen LogP contribution is -2.45. The van der Waals surface area contributed by atoms with E-state index < -0.39 is 23.5 Å². The number of ether oxygens (including phenoxy) is 6. The Morgan fingerprint density at radius 3 is 1.54 bits per heavy atom. The first-order chi connectivity index (χ1) is 22.1. The number of unbranched alkanes of at least 4 members (excludes halogenated alkanes) is 2. The Morgan fingerprint density at radius 1 is 0.652 bits per heavy atom. The van der Waals surface area contributed by atoms with Crippen LogP contribution in [0.25, 0.3) is 0 Å². The van der Waals surface area contributed by atoms with Gasteiger partial charge in [-0.2, -0.15) is 0 Å². The van der Waals surface area contributed by atoms with Crippen LogP contribution >= 0.6 is 0 Å². The fourth-order valence-corrected chi connectivity index (χ4v) is 5.66. The lowest BCUT2D eigenvalue weighted by molar-refractivity contribution is -0.278. The van der Waals surface area contributed by atoms with Crippen molar-refractivity contribution in [2.75, 3.05) is 52.9 Å². The van der Waals surface area contributed by atoms with E-state index >= 15 is 0 Å². The quantitative estimate of drug-likeness (QED) is 0.0857. The molecule has 10 heteroatoms. The van der Waals surface area contributed by atoms with Crippen molar-refractivity contribution in [3.8, 4) is 0 Å². The maximum absolute atomic E-state index is 13.4. The minimum Gasteiger partial charge on any atom is -0.478 e. The third-order valence-corrected chi connectivity index (χ3v) is 8.38. The molecule has 0 radical (unpaired) electrons.